The van der Waals surface area contributed by atoms with Crippen LogP contribution in [0.4, 0.5) is 0 Å². The van der Waals surface area contributed by atoms with Gasteiger partial charge in [-0.05, 0) is 19.4 Å². The third-order valence-electron chi connectivity index (χ3n) is 3.36. The lowest BCUT2D eigenvalue weighted by molar-refractivity contribution is 0.148. The van der Waals surface area contributed by atoms with Gasteiger partial charge in [0.15, 0.2) is 0 Å². The molecule has 0 amide bonds. The normalized spacial score (nSPS) is 22.2. The Hall–Kier alpha value is -0.170. The van der Waals surface area contributed by atoms with Gasteiger partial charge >= 0.3 is 0 Å². The Kier molecular flexibility index (Phi) is 7.14. The van der Waals surface area contributed by atoms with Gasteiger partial charge in [0.2, 0.25) is 0 Å². The molecule has 0 aromatic carbocycles. The highest BCUT2D eigenvalue weighted by molar-refractivity contribution is 7.90. The molecule has 0 aromatic heterocycles. The Morgan fingerprint density at radius 1 is 1.39 bits per heavy atom. The van der Waals surface area contributed by atoms with Crippen LogP contribution in [0, 0.1) is 0 Å². The Bertz CT molecular complexity index is 319. The molecule has 0 radical (unpaired) electrons. The lowest BCUT2D eigenvalue weighted by Crippen LogP contribution is -2.47. The van der Waals surface area contributed by atoms with Crippen molar-refractivity contribution in [1.82, 2.24) is 10.2 Å². The number of ether oxygens (including phenoxy) is 1. The van der Waals surface area contributed by atoms with E-state index in [-0.39, 0.29) is 5.75 Å². The number of likely N-dealkylation sites (tertiary alicyclic amines) is 1. The SMILES string of the molecule is COCCNCC1CCCCN1CCS(C)(=O)=O. The average molecular weight is 278 g/mol. The molecule has 1 aliphatic heterocycles. The molecule has 6 heteroatoms. The summed E-state index contributed by atoms with van der Waals surface area (Å²) in [7, 11) is -1.16. The first-order chi connectivity index (χ1) is 8.53. The second kappa shape index (κ2) is 8.09. The number of nitrogens with zero attached hydrogens (tertiary/aromatic N) is 1. The van der Waals surface area contributed by atoms with Gasteiger partial charge in [-0.2, -0.15) is 0 Å². The predicted molar refractivity (Wildman–Crippen MR) is 73.7 cm³/mol. The molecule has 0 aromatic rings. The van der Waals surface area contributed by atoms with Crippen molar-refractivity contribution < 1.29 is 13.2 Å². The van der Waals surface area contributed by atoms with Crippen LogP contribution >= 0.6 is 0 Å². The summed E-state index contributed by atoms with van der Waals surface area (Å²) < 4.78 is 27.4. The zero-order valence-corrected chi connectivity index (χ0v) is 12.3. The number of piperidine rings is 1. The maximum atomic E-state index is 11.2. The zero-order valence-electron chi connectivity index (χ0n) is 11.5. The van der Waals surface area contributed by atoms with Crippen LogP contribution in [0.1, 0.15) is 19.3 Å². The molecule has 0 aliphatic carbocycles. The van der Waals surface area contributed by atoms with Gasteiger partial charge in [-0.3, -0.25) is 4.90 Å². The molecule has 0 bridgehead atoms. The highest BCUT2D eigenvalue weighted by Crippen LogP contribution is 2.16. The van der Waals surface area contributed by atoms with Crippen molar-refractivity contribution in [2.45, 2.75) is 25.3 Å². The van der Waals surface area contributed by atoms with Crippen LogP contribution in [0.2, 0.25) is 0 Å². The van der Waals surface area contributed by atoms with Crippen LogP contribution in [-0.4, -0.2) is 71.3 Å². The lowest BCUT2D eigenvalue weighted by Gasteiger charge is -2.35. The summed E-state index contributed by atoms with van der Waals surface area (Å²) in [6, 6.07) is 0.470. The van der Waals surface area contributed by atoms with Crippen molar-refractivity contribution in [1.29, 1.82) is 0 Å². The fourth-order valence-corrected chi connectivity index (χ4v) is 2.88. The van der Waals surface area contributed by atoms with Gasteiger partial charge in [-0.15, -0.1) is 0 Å². The second-order valence-electron chi connectivity index (χ2n) is 5.01. The first-order valence-corrected chi connectivity index (χ1v) is 8.70. The summed E-state index contributed by atoms with van der Waals surface area (Å²) in [4.78, 5) is 2.31. The highest BCUT2D eigenvalue weighted by Gasteiger charge is 2.22. The molecule has 1 rings (SSSR count). The topological polar surface area (TPSA) is 58.6 Å². The van der Waals surface area contributed by atoms with Crippen molar-refractivity contribution in [3.8, 4) is 0 Å². The van der Waals surface area contributed by atoms with E-state index in [0.29, 0.717) is 12.6 Å². The van der Waals surface area contributed by atoms with Gasteiger partial charge in [-0.25, -0.2) is 8.42 Å². The van der Waals surface area contributed by atoms with Gasteiger partial charge in [0.05, 0.1) is 12.4 Å². The van der Waals surface area contributed by atoms with Crippen LogP contribution in [0.5, 0.6) is 0 Å². The molecule has 108 valence electrons. The van der Waals surface area contributed by atoms with Crippen LogP contribution in [0.3, 0.4) is 0 Å². The summed E-state index contributed by atoms with van der Waals surface area (Å²) in [5.41, 5.74) is 0. The number of sulfone groups is 1. The van der Waals surface area contributed by atoms with Crippen molar-refractivity contribution in [2.75, 3.05) is 51.9 Å². The minimum absolute atomic E-state index is 0.265. The first-order valence-electron chi connectivity index (χ1n) is 6.64. The molecule has 1 unspecified atom stereocenters. The molecule has 5 nitrogen and oxygen atoms in total. The quantitative estimate of drug-likeness (QED) is 0.639. The lowest BCUT2D eigenvalue weighted by atomic mass is 10.0. The second-order valence-corrected chi connectivity index (χ2v) is 7.27. The van der Waals surface area contributed by atoms with Crippen molar-refractivity contribution in [3.63, 3.8) is 0 Å². The van der Waals surface area contributed by atoms with Crippen LogP contribution in [0.15, 0.2) is 0 Å². The molecular formula is C12H26N2O3S. The highest BCUT2D eigenvalue weighted by atomic mass is 32.2. The molecule has 0 spiro atoms. The summed E-state index contributed by atoms with van der Waals surface area (Å²) in [5, 5.41) is 3.37. The number of methoxy groups -OCH3 is 1. The van der Waals surface area contributed by atoms with Crippen molar-refractivity contribution in [3.05, 3.63) is 0 Å². The fourth-order valence-electron chi connectivity index (χ4n) is 2.31. The predicted octanol–water partition coefficient (Wildman–Crippen LogP) is 0.122. The van der Waals surface area contributed by atoms with Gasteiger partial charge < -0.3 is 10.1 Å². The average Bonchev–Trinajstić information content (AvgIpc) is 2.32. The van der Waals surface area contributed by atoms with E-state index in [1.54, 1.807) is 7.11 Å². The Morgan fingerprint density at radius 3 is 2.83 bits per heavy atom. The molecular weight excluding hydrogens is 252 g/mol. The molecule has 0 saturated carbocycles. The van der Waals surface area contributed by atoms with E-state index in [4.69, 9.17) is 4.74 Å². The molecule has 1 heterocycles. The smallest absolute Gasteiger partial charge is 0.148 e. The summed E-state index contributed by atoms with van der Waals surface area (Å²) >= 11 is 0. The van der Waals surface area contributed by atoms with Gasteiger partial charge in [0, 0.05) is 39.0 Å². The molecule has 1 N–H and O–H groups in total. The number of hydrogen-bond acceptors (Lipinski definition) is 5. The molecule has 1 fully saturated rings. The number of hydrogen-bond donors (Lipinski definition) is 1. The van der Waals surface area contributed by atoms with Crippen LogP contribution in [-0.2, 0) is 14.6 Å². The maximum Gasteiger partial charge on any atom is 0.148 e. The molecule has 1 saturated heterocycles. The van der Waals surface area contributed by atoms with E-state index >= 15 is 0 Å². The summed E-state index contributed by atoms with van der Waals surface area (Å²) in [5.74, 6) is 0.265. The Labute approximate surface area is 111 Å². The number of rotatable bonds is 8. The number of nitrogens with one attached hydrogen (secondary N) is 1. The van der Waals surface area contributed by atoms with E-state index < -0.39 is 9.84 Å². The largest absolute Gasteiger partial charge is 0.383 e. The summed E-state index contributed by atoms with van der Waals surface area (Å²) in [6.07, 6.45) is 4.89. The molecule has 18 heavy (non-hydrogen) atoms. The van der Waals surface area contributed by atoms with Crippen LogP contribution < -0.4 is 5.32 Å². The van der Waals surface area contributed by atoms with E-state index in [9.17, 15) is 8.42 Å². The zero-order chi connectivity index (χ0) is 13.4. The van der Waals surface area contributed by atoms with Gasteiger partial charge in [0.25, 0.3) is 0 Å². The van der Waals surface area contributed by atoms with E-state index in [1.807, 2.05) is 0 Å². The van der Waals surface area contributed by atoms with Gasteiger partial charge in [-0.1, -0.05) is 6.42 Å². The van der Waals surface area contributed by atoms with E-state index in [0.717, 1.165) is 32.7 Å². The third-order valence-corrected chi connectivity index (χ3v) is 4.29. The molecule has 1 atom stereocenters. The minimum atomic E-state index is -2.86. The van der Waals surface area contributed by atoms with Crippen LogP contribution in [0.25, 0.3) is 0 Å². The van der Waals surface area contributed by atoms with E-state index in [2.05, 4.69) is 10.2 Å². The Balaban J connectivity index is 2.32. The monoisotopic (exact) mass is 278 g/mol. The maximum absolute atomic E-state index is 11.2. The third kappa shape index (κ3) is 6.68. The fraction of sp³-hybridized carbons (Fsp3) is 1.00. The minimum Gasteiger partial charge on any atom is -0.383 e. The van der Waals surface area contributed by atoms with Crippen molar-refractivity contribution in [2.24, 2.45) is 0 Å². The van der Waals surface area contributed by atoms with E-state index in [1.165, 1.54) is 19.1 Å². The molecule has 1 aliphatic rings. The van der Waals surface area contributed by atoms with Gasteiger partial charge in [0.1, 0.15) is 9.84 Å². The summed E-state index contributed by atoms with van der Waals surface area (Å²) in [6.45, 7) is 4.18. The first kappa shape index (κ1) is 15.9. The van der Waals surface area contributed by atoms with Crippen molar-refractivity contribution >= 4 is 9.84 Å². The standard InChI is InChI=1S/C12H26N2O3S/c1-17-9-6-13-11-12-5-3-4-7-14(12)8-10-18(2,15)16/h12-13H,3-11H2,1-2H3. The Morgan fingerprint density at radius 2 is 2.17 bits per heavy atom.